The fourth-order valence-electron chi connectivity index (χ4n) is 1.96. The van der Waals surface area contributed by atoms with Gasteiger partial charge in [0.25, 0.3) is 0 Å². The molecule has 0 saturated carbocycles. The molecule has 0 aliphatic rings. The predicted molar refractivity (Wildman–Crippen MR) is 85.0 cm³/mol. The topological polar surface area (TPSA) is 29.1 Å². The molecular weight excluding hydrogens is 254 g/mol. The first-order chi connectivity index (χ1) is 8.86. The highest BCUT2D eigenvalue weighted by Gasteiger charge is 2.24. The Kier molecular flexibility index (Phi) is 6.21. The predicted octanol–water partition coefficient (Wildman–Crippen LogP) is 3.58. The molecule has 0 spiro atoms. The van der Waals surface area contributed by atoms with Crippen LogP contribution < -0.4 is 5.32 Å². The Labute approximate surface area is 120 Å². The molecule has 108 valence electrons. The van der Waals surface area contributed by atoms with E-state index in [4.69, 9.17) is 0 Å². The summed E-state index contributed by atoms with van der Waals surface area (Å²) in [6.07, 6.45) is 1.09. The van der Waals surface area contributed by atoms with Crippen molar-refractivity contribution in [2.24, 2.45) is 0 Å². The molecule has 1 aromatic carbocycles. The van der Waals surface area contributed by atoms with Crippen LogP contribution in [0.5, 0.6) is 0 Å². The number of hydrogen-bond donors (Lipinski definition) is 1. The molecule has 0 radical (unpaired) electrons. The standard InChI is InChI=1S/C16H27NOS/c1-6-11-17-15(12-19(18)16(3,4)5)14-10-8-7-9-13(14)2/h7-10,15,17H,6,11-12H2,1-5H3. The molecule has 1 rings (SSSR count). The van der Waals surface area contributed by atoms with Gasteiger partial charge in [-0.15, -0.1) is 0 Å². The zero-order valence-corrected chi connectivity index (χ0v) is 13.6. The van der Waals surface area contributed by atoms with Gasteiger partial charge in [0, 0.05) is 27.3 Å². The molecule has 0 bridgehead atoms. The lowest BCUT2D eigenvalue weighted by molar-refractivity contribution is 0.561. The highest BCUT2D eigenvalue weighted by atomic mass is 32.2. The first kappa shape index (κ1) is 16.4. The molecule has 0 saturated heterocycles. The van der Waals surface area contributed by atoms with E-state index in [1.807, 2.05) is 20.8 Å². The van der Waals surface area contributed by atoms with E-state index in [-0.39, 0.29) is 10.8 Å². The second-order valence-corrected chi connectivity index (χ2v) is 8.24. The largest absolute Gasteiger partial charge is 0.309 e. The van der Waals surface area contributed by atoms with E-state index in [0.29, 0.717) is 5.75 Å². The monoisotopic (exact) mass is 281 g/mol. The van der Waals surface area contributed by atoms with Crippen LogP contribution in [0.2, 0.25) is 0 Å². The normalized spacial score (nSPS) is 15.2. The molecule has 0 aromatic heterocycles. The summed E-state index contributed by atoms with van der Waals surface area (Å²) in [6, 6.07) is 8.55. The third-order valence-corrected chi connectivity index (χ3v) is 5.21. The Morgan fingerprint density at radius 1 is 1.26 bits per heavy atom. The van der Waals surface area contributed by atoms with Crippen LogP contribution in [0.3, 0.4) is 0 Å². The van der Waals surface area contributed by atoms with Gasteiger partial charge in [-0.2, -0.15) is 0 Å². The maximum atomic E-state index is 12.4. The molecular formula is C16H27NOS. The van der Waals surface area contributed by atoms with Crippen molar-refractivity contribution >= 4 is 10.8 Å². The van der Waals surface area contributed by atoms with Crippen LogP contribution in [-0.4, -0.2) is 21.3 Å². The van der Waals surface area contributed by atoms with Gasteiger partial charge in [0.05, 0.1) is 0 Å². The number of benzene rings is 1. The van der Waals surface area contributed by atoms with Gasteiger partial charge in [-0.3, -0.25) is 4.21 Å². The highest BCUT2D eigenvalue weighted by Crippen LogP contribution is 2.22. The molecule has 0 heterocycles. The van der Waals surface area contributed by atoms with Crippen molar-refractivity contribution in [2.45, 2.75) is 51.8 Å². The minimum Gasteiger partial charge on any atom is -0.309 e. The van der Waals surface area contributed by atoms with Crippen molar-refractivity contribution in [1.29, 1.82) is 0 Å². The van der Waals surface area contributed by atoms with Crippen LogP contribution in [-0.2, 0) is 10.8 Å². The van der Waals surface area contributed by atoms with Crippen LogP contribution in [0.4, 0.5) is 0 Å². The van der Waals surface area contributed by atoms with Gasteiger partial charge in [0.15, 0.2) is 0 Å². The summed E-state index contributed by atoms with van der Waals surface area (Å²) in [5, 5.41) is 3.54. The molecule has 0 fully saturated rings. The van der Waals surface area contributed by atoms with Crippen LogP contribution in [0.25, 0.3) is 0 Å². The van der Waals surface area contributed by atoms with E-state index in [2.05, 4.69) is 43.4 Å². The quantitative estimate of drug-likeness (QED) is 0.863. The molecule has 0 amide bonds. The summed E-state index contributed by atoms with van der Waals surface area (Å²) < 4.78 is 12.2. The van der Waals surface area contributed by atoms with Gasteiger partial charge in [-0.25, -0.2) is 0 Å². The molecule has 3 heteroatoms. The summed E-state index contributed by atoms with van der Waals surface area (Å²) in [6.45, 7) is 11.4. The van der Waals surface area contributed by atoms with Crippen molar-refractivity contribution in [3.05, 3.63) is 35.4 Å². The van der Waals surface area contributed by atoms with Gasteiger partial charge in [-0.05, 0) is 51.8 Å². The van der Waals surface area contributed by atoms with Crippen molar-refractivity contribution in [3.8, 4) is 0 Å². The maximum absolute atomic E-state index is 12.4. The fraction of sp³-hybridized carbons (Fsp3) is 0.625. The summed E-state index contributed by atoms with van der Waals surface area (Å²) in [7, 11) is -0.842. The maximum Gasteiger partial charge on any atom is 0.0439 e. The van der Waals surface area contributed by atoms with Crippen molar-refractivity contribution in [2.75, 3.05) is 12.3 Å². The Morgan fingerprint density at radius 2 is 1.89 bits per heavy atom. The zero-order valence-electron chi connectivity index (χ0n) is 12.8. The Morgan fingerprint density at radius 3 is 2.42 bits per heavy atom. The Bertz CT molecular complexity index is 423. The molecule has 2 nitrogen and oxygen atoms in total. The highest BCUT2D eigenvalue weighted by molar-refractivity contribution is 7.86. The lowest BCUT2D eigenvalue weighted by Crippen LogP contribution is -2.33. The van der Waals surface area contributed by atoms with Gasteiger partial charge in [0.1, 0.15) is 0 Å². The lowest BCUT2D eigenvalue weighted by atomic mass is 10.0. The minimum absolute atomic E-state index is 0.158. The van der Waals surface area contributed by atoms with Crippen LogP contribution in [0.15, 0.2) is 24.3 Å². The number of hydrogen-bond acceptors (Lipinski definition) is 2. The average molecular weight is 281 g/mol. The molecule has 1 N–H and O–H groups in total. The zero-order chi connectivity index (χ0) is 14.5. The van der Waals surface area contributed by atoms with E-state index in [9.17, 15) is 4.21 Å². The lowest BCUT2D eigenvalue weighted by Gasteiger charge is -2.25. The van der Waals surface area contributed by atoms with E-state index >= 15 is 0 Å². The molecule has 19 heavy (non-hydrogen) atoms. The van der Waals surface area contributed by atoms with Crippen LogP contribution in [0.1, 0.15) is 51.3 Å². The number of rotatable bonds is 6. The first-order valence-electron chi connectivity index (χ1n) is 7.03. The number of aryl methyl sites for hydroxylation is 1. The summed E-state index contributed by atoms with van der Waals surface area (Å²) in [5.41, 5.74) is 2.54. The fourth-order valence-corrected chi connectivity index (χ4v) is 3.06. The molecule has 2 unspecified atom stereocenters. The second-order valence-electron chi connectivity index (χ2n) is 5.99. The Hall–Kier alpha value is -0.670. The van der Waals surface area contributed by atoms with Crippen LogP contribution in [0, 0.1) is 6.92 Å². The van der Waals surface area contributed by atoms with Gasteiger partial charge in [0.2, 0.25) is 0 Å². The first-order valence-corrected chi connectivity index (χ1v) is 8.35. The average Bonchev–Trinajstić information content (AvgIpc) is 2.34. The van der Waals surface area contributed by atoms with E-state index in [1.54, 1.807) is 0 Å². The SMILES string of the molecule is CCCNC(CS(=O)C(C)(C)C)c1ccccc1C. The van der Waals surface area contributed by atoms with Crippen LogP contribution >= 0.6 is 0 Å². The summed E-state index contributed by atoms with van der Waals surface area (Å²) in [4.78, 5) is 0. The van der Waals surface area contributed by atoms with E-state index in [0.717, 1.165) is 13.0 Å². The molecule has 2 atom stereocenters. The third-order valence-electron chi connectivity index (χ3n) is 3.21. The van der Waals surface area contributed by atoms with Crippen molar-refractivity contribution in [3.63, 3.8) is 0 Å². The molecule has 0 aliphatic carbocycles. The van der Waals surface area contributed by atoms with Crippen molar-refractivity contribution in [1.82, 2.24) is 5.32 Å². The molecule has 1 aromatic rings. The van der Waals surface area contributed by atoms with Gasteiger partial charge in [-0.1, -0.05) is 31.2 Å². The summed E-state index contributed by atoms with van der Waals surface area (Å²) >= 11 is 0. The van der Waals surface area contributed by atoms with E-state index < -0.39 is 10.8 Å². The van der Waals surface area contributed by atoms with Gasteiger partial charge >= 0.3 is 0 Å². The second kappa shape index (κ2) is 7.20. The number of nitrogens with one attached hydrogen (secondary N) is 1. The molecule has 0 aliphatic heterocycles. The van der Waals surface area contributed by atoms with Gasteiger partial charge < -0.3 is 5.32 Å². The Balaban J connectivity index is 2.90. The van der Waals surface area contributed by atoms with Crippen molar-refractivity contribution < 1.29 is 4.21 Å². The summed E-state index contributed by atoms with van der Waals surface area (Å²) in [5.74, 6) is 0.675. The minimum atomic E-state index is -0.842. The smallest absolute Gasteiger partial charge is 0.0439 e. The van der Waals surface area contributed by atoms with E-state index in [1.165, 1.54) is 11.1 Å². The third kappa shape index (κ3) is 5.07.